The Bertz CT molecular complexity index is 346. The molecule has 0 spiro atoms. The fourth-order valence-electron chi connectivity index (χ4n) is 1.41. The lowest BCUT2D eigenvalue weighted by Gasteiger charge is -2.08. The summed E-state index contributed by atoms with van der Waals surface area (Å²) in [6.07, 6.45) is 0. The lowest BCUT2D eigenvalue weighted by atomic mass is 10.2. The lowest BCUT2D eigenvalue weighted by Crippen LogP contribution is -1.94. The highest BCUT2D eigenvalue weighted by atomic mass is 16.7. The molecular weight excluding hydrogens is 172 g/mol. The van der Waals surface area contributed by atoms with Gasteiger partial charge in [-0.15, -0.1) is 0 Å². The molecule has 1 aliphatic rings. The lowest BCUT2D eigenvalue weighted by molar-refractivity contribution is 0.169. The van der Waals surface area contributed by atoms with Crippen LogP contribution >= 0.6 is 0 Å². The molecule has 1 aliphatic heterocycles. The Morgan fingerprint density at radius 2 is 2.08 bits per heavy atom. The van der Waals surface area contributed by atoms with Crippen LogP contribution in [0.25, 0.3) is 0 Å². The van der Waals surface area contributed by atoms with Gasteiger partial charge < -0.3 is 19.3 Å². The van der Waals surface area contributed by atoms with E-state index in [0.29, 0.717) is 17.2 Å². The van der Waals surface area contributed by atoms with E-state index >= 15 is 0 Å². The number of hydrogen-bond acceptors (Lipinski definition) is 4. The highest BCUT2D eigenvalue weighted by molar-refractivity contribution is 5.62. The molecule has 0 radical (unpaired) electrons. The van der Waals surface area contributed by atoms with Crippen LogP contribution in [-0.2, 0) is 0 Å². The number of rotatable bonds is 1. The Balaban J connectivity index is 2.65. The molecule has 4 heteroatoms. The summed E-state index contributed by atoms with van der Waals surface area (Å²) < 4.78 is 15.4. The van der Waals surface area contributed by atoms with Crippen molar-refractivity contribution in [2.45, 2.75) is 6.92 Å². The Morgan fingerprint density at radius 3 is 2.77 bits per heavy atom. The van der Waals surface area contributed by atoms with E-state index < -0.39 is 0 Å². The van der Waals surface area contributed by atoms with Gasteiger partial charge in [-0.05, 0) is 18.6 Å². The Hall–Kier alpha value is -1.58. The Labute approximate surface area is 75.7 Å². The molecule has 1 aromatic rings. The molecule has 0 unspecified atom stereocenters. The van der Waals surface area contributed by atoms with Gasteiger partial charge in [0.1, 0.15) is 0 Å². The molecule has 4 nitrogen and oxygen atoms in total. The average molecular weight is 182 g/mol. The van der Waals surface area contributed by atoms with Gasteiger partial charge in [0, 0.05) is 0 Å². The molecule has 1 heterocycles. The van der Waals surface area contributed by atoms with Crippen LogP contribution in [0.4, 0.5) is 0 Å². The number of phenols is 1. The van der Waals surface area contributed by atoms with Gasteiger partial charge in [0.05, 0.1) is 7.11 Å². The first kappa shape index (κ1) is 8.04. The minimum atomic E-state index is 0.0887. The summed E-state index contributed by atoms with van der Waals surface area (Å²) in [5.41, 5.74) is 0.823. The third-order valence-electron chi connectivity index (χ3n) is 1.97. The molecule has 0 aliphatic carbocycles. The monoisotopic (exact) mass is 182 g/mol. The zero-order valence-electron chi connectivity index (χ0n) is 7.46. The van der Waals surface area contributed by atoms with Crippen LogP contribution in [0.2, 0.25) is 0 Å². The number of fused-ring (bicyclic) bond motifs is 1. The van der Waals surface area contributed by atoms with Crippen molar-refractivity contribution in [2.75, 3.05) is 13.9 Å². The minimum absolute atomic E-state index is 0.0887. The Morgan fingerprint density at radius 1 is 1.38 bits per heavy atom. The van der Waals surface area contributed by atoms with Crippen molar-refractivity contribution >= 4 is 0 Å². The van der Waals surface area contributed by atoms with E-state index in [1.54, 1.807) is 13.2 Å². The van der Waals surface area contributed by atoms with E-state index in [0.717, 1.165) is 5.56 Å². The number of phenolic OH excluding ortho intramolecular Hbond substituents is 1. The van der Waals surface area contributed by atoms with Crippen LogP contribution in [0.15, 0.2) is 6.07 Å². The van der Waals surface area contributed by atoms with Crippen molar-refractivity contribution < 1.29 is 19.3 Å². The van der Waals surface area contributed by atoms with Gasteiger partial charge in [0.25, 0.3) is 0 Å². The number of aryl methyl sites for hydroxylation is 1. The summed E-state index contributed by atoms with van der Waals surface area (Å²) in [4.78, 5) is 0. The van der Waals surface area contributed by atoms with E-state index in [1.807, 2.05) is 6.92 Å². The van der Waals surface area contributed by atoms with Crippen LogP contribution in [0.3, 0.4) is 0 Å². The van der Waals surface area contributed by atoms with Crippen molar-refractivity contribution in [1.82, 2.24) is 0 Å². The maximum Gasteiger partial charge on any atom is 0.231 e. The fourth-order valence-corrected chi connectivity index (χ4v) is 1.41. The molecule has 0 aromatic heterocycles. The first-order valence-corrected chi connectivity index (χ1v) is 3.90. The molecule has 0 saturated carbocycles. The van der Waals surface area contributed by atoms with Crippen molar-refractivity contribution in [3.05, 3.63) is 11.6 Å². The topological polar surface area (TPSA) is 47.9 Å². The van der Waals surface area contributed by atoms with Crippen LogP contribution in [0, 0.1) is 6.92 Å². The van der Waals surface area contributed by atoms with Gasteiger partial charge in [0.2, 0.25) is 18.3 Å². The number of benzene rings is 1. The van der Waals surface area contributed by atoms with E-state index in [9.17, 15) is 5.11 Å². The zero-order chi connectivity index (χ0) is 9.42. The summed E-state index contributed by atoms with van der Waals surface area (Å²) in [7, 11) is 1.56. The molecule has 0 fully saturated rings. The molecule has 0 bridgehead atoms. The van der Waals surface area contributed by atoms with E-state index in [-0.39, 0.29) is 12.5 Å². The minimum Gasteiger partial charge on any atom is -0.504 e. The number of hydrogen-bond donors (Lipinski definition) is 1. The normalized spacial score (nSPS) is 13.1. The van der Waals surface area contributed by atoms with Gasteiger partial charge in [0.15, 0.2) is 11.5 Å². The number of ether oxygens (including phenoxy) is 3. The zero-order valence-corrected chi connectivity index (χ0v) is 7.46. The maximum atomic E-state index is 9.47. The van der Waals surface area contributed by atoms with E-state index in [1.165, 1.54) is 0 Å². The summed E-state index contributed by atoms with van der Waals surface area (Å²) in [6, 6.07) is 1.59. The van der Waals surface area contributed by atoms with Crippen molar-refractivity contribution in [3.63, 3.8) is 0 Å². The third kappa shape index (κ3) is 1.06. The van der Waals surface area contributed by atoms with Crippen LogP contribution in [0.1, 0.15) is 5.56 Å². The summed E-state index contributed by atoms with van der Waals surface area (Å²) in [5, 5.41) is 9.47. The summed E-state index contributed by atoms with van der Waals surface area (Å²) >= 11 is 0. The molecule has 70 valence electrons. The van der Waals surface area contributed by atoms with Crippen LogP contribution < -0.4 is 14.2 Å². The second-order valence-electron chi connectivity index (χ2n) is 2.81. The first-order valence-electron chi connectivity index (χ1n) is 3.90. The van der Waals surface area contributed by atoms with Gasteiger partial charge >= 0.3 is 0 Å². The van der Waals surface area contributed by atoms with Gasteiger partial charge in [-0.1, -0.05) is 0 Å². The molecule has 0 amide bonds. The molecule has 2 rings (SSSR count). The van der Waals surface area contributed by atoms with Gasteiger partial charge in [-0.2, -0.15) is 0 Å². The third-order valence-corrected chi connectivity index (χ3v) is 1.97. The average Bonchev–Trinajstić information content (AvgIpc) is 2.53. The molecule has 13 heavy (non-hydrogen) atoms. The molecule has 0 saturated heterocycles. The second-order valence-corrected chi connectivity index (χ2v) is 2.81. The largest absolute Gasteiger partial charge is 0.504 e. The molecule has 1 N–H and O–H groups in total. The molecule has 0 atom stereocenters. The second kappa shape index (κ2) is 2.73. The van der Waals surface area contributed by atoms with Crippen molar-refractivity contribution in [3.8, 4) is 23.0 Å². The predicted molar refractivity (Wildman–Crippen MR) is 45.5 cm³/mol. The first-order chi connectivity index (χ1) is 6.24. The SMILES string of the molecule is COc1c(C)cc(O)c2c1OCO2. The smallest absolute Gasteiger partial charge is 0.231 e. The predicted octanol–water partition coefficient (Wildman–Crippen LogP) is 1.44. The Kier molecular flexibility index (Phi) is 1.69. The van der Waals surface area contributed by atoms with Gasteiger partial charge in [-0.25, -0.2) is 0 Å². The van der Waals surface area contributed by atoms with Crippen molar-refractivity contribution in [1.29, 1.82) is 0 Å². The quantitative estimate of drug-likeness (QED) is 0.713. The highest BCUT2D eigenvalue weighted by Gasteiger charge is 2.24. The van der Waals surface area contributed by atoms with Crippen LogP contribution in [0.5, 0.6) is 23.0 Å². The molecule has 1 aromatic carbocycles. The summed E-state index contributed by atoms with van der Waals surface area (Å²) in [5.74, 6) is 1.55. The standard InChI is InChI=1S/C9H10O4/c1-5-3-6(10)8-9(7(5)11-2)13-4-12-8/h3,10H,4H2,1-2H3. The highest BCUT2D eigenvalue weighted by Crippen LogP contribution is 2.48. The fraction of sp³-hybridized carbons (Fsp3) is 0.333. The van der Waals surface area contributed by atoms with Crippen molar-refractivity contribution in [2.24, 2.45) is 0 Å². The maximum absolute atomic E-state index is 9.47. The molecular formula is C9H10O4. The van der Waals surface area contributed by atoms with E-state index in [4.69, 9.17) is 14.2 Å². The van der Waals surface area contributed by atoms with Crippen LogP contribution in [-0.4, -0.2) is 19.0 Å². The number of aromatic hydroxyl groups is 1. The van der Waals surface area contributed by atoms with Gasteiger partial charge in [-0.3, -0.25) is 0 Å². The number of methoxy groups -OCH3 is 1. The summed E-state index contributed by atoms with van der Waals surface area (Å²) in [6.45, 7) is 1.96. The van der Waals surface area contributed by atoms with E-state index in [2.05, 4.69) is 0 Å².